The maximum atomic E-state index is 11.3. The number of aliphatic carboxylic acids is 1. The predicted molar refractivity (Wildman–Crippen MR) is 72.6 cm³/mol. The summed E-state index contributed by atoms with van der Waals surface area (Å²) in [7, 11) is 0. The Morgan fingerprint density at radius 2 is 1.72 bits per heavy atom. The second-order valence-corrected chi connectivity index (χ2v) is 7.15. The van der Waals surface area contributed by atoms with Crippen LogP contribution in [0, 0.1) is 10.8 Å². The molecule has 1 saturated carbocycles. The van der Waals surface area contributed by atoms with Crippen LogP contribution >= 0.6 is 0 Å². The first-order valence-electron chi connectivity index (χ1n) is 7.33. The van der Waals surface area contributed by atoms with E-state index in [-0.39, 0.29) is 0 Å². The van der Waals surface area contributed by atoms with Gasteiger partial charge in [0.25, 0.3) is 0 Å². The lowest BCUT2D eigenvalue weighted by Gasteiger charge is -2.49. The van der Waals surface area contributed by atoms with Crippen molar-refractivity contribution in [2.75, 3.05) is 13.1 Å². The summed E-state index contributed by atoms with van der Waals surface area (Å²) in [6.07, 6.45) is 6.88. The first-order valence-corrected chi connectivity index (χ1v) is 7.33. The zero-order chi connectivity index (χ0) is 13.4. The molecule has 3 nitrogen and oxygen atoms in total. The zero-order valence-corrected chi connectivity index (χ0v) is 12.0. The van der Waals surface area contributed by atoms with Gasteiger partial charge in [-0.1, -0.05) is 26.7 Å². The van der Waals surface area contributed by atoms with E-state index >= 15 is 0 Å². The molecule has 104 valence electrons. The molecule has 1 aliphatic heterocycles. The molecule has 1 saturated heterocycles. The van der Waals surface area contributed by atoms with Crippen molar-refractivity contribution in [2.24, 2.45) is 10.8 Å². The van der Waals surface area contributed by atoms with E-state index in [0.29, 0.717) is 11.5 Å². The molecular formula is C15H27NO2. The van der Waals surface area contributed by atoms with E-state index in [0.717, 1.165) is 25.9 Å². The summed E-state index contributed by atoms with van der Waals surface area (Å²) in [5.41, 5.74) is -0.0927. The lowest BCUT2D eigenvalue weighted by atomic mass is 9.71. The van der Waals surface area contributed by atoms with Gasteiger partial charge in [0.05, 0.1) is 5.41 Å². The van der Waals surface area contributed by atoms with Crippen LogP contribution in [0.25, 0.3) is 0 Å². The smallest absolute Gasteiger partial charge is 0.309 e. The Labute approximate surface area is 111 Å². The minimum Gasteiger partial charge on any atom is -0.481 e. The quantitative estimate of drug-likeness (QED) is 0.822. The van der Waals surface area contributed by atoms with Crippen LogP contribution in [-0.2, 0) is 4.79 Å². The van der Waals surface area contributed by atoms with Gasteiger partial charge in [-0.15, -0.1) is 0 Å². The number of hydrogen-bond donors (Lipinski definition) is 1. The number of carboxylic acids is 1. The highest BCUT2D eigenvalue weighted by Gasteiger charge is 2.42. The number of nitrogens with zero attached hydrogens (tertiary/aromatic N) is 1. The Morgan fingerprint density at radius 3 is 2.22 bits per heavy atom. The van der Waals surface area contributed by atoms with Crippen molar-refractivity contribution in [1.29, 1.82) is 0 Å². The molecule has 0 radical (unpaired) electrons. The van der Waals surface area contributed by atoms with Gasteiger partial charge in [0, 0.05) is 6.04 Å². The zero-order valence-electron chi connectivity index (χ0n) is 12.0. The van der Waals surface area contributed by atoms with Crippen LogP contribution in [0.3, 0.4) is 0 Å². The first kappa shape index (κ1) is 13.9. The molecule has 1 N–H and O–H groups in total. The number of rotatable bonds is 2. The molecule has 0 amide bonds. The van der Waals surface area contributed by atoms with Gasteiger partial charge in [0.2, 0.25) is 0 Å². The molecular weight excluding hydrogens is 226 g/mol. The van der Waals surface area contributed by atoms with Crippen LogP contribution < -0.4 is 0 Å². The standard InChI is InChI=1S/C15H27NO2/c1-14(2)7-5-4-6-12(14)16-10-8-15(3,9-11-16)13(17)18/h12H,4-11H2,1-3H3,(H,17,18). The number of piperidine rings is 1. The lowest BCUT2D eigenvalue weighted by Crippen LogP contribution is -2.52. The molecule has 0 aromatic carbocycles. The van der Waals surface area contributed by atoms with Crippen molar-refractivity contribution in [3.63, 3.8) is 0 Å². The Kier molecular flexibility index (Phi) is 3.72. The van der Waals surface area contributed by atoms with Gasteiger partial charge in [0.1, 0.15) is 0 Å². The average molecular weight is 253 g/mol. The number of hydrogen-bond acceptors (Lipinski definition) is 2. The monoisotopic (exact) mass is 253 g/mol. The molecule has 1 atom stereocenters. The lowest BCUT2D eigenvalue weighted by molar-refractivity contribution is -0.151. The van der Waals surface area contributed by atoms with Crippen molar-refractivity contribution in [1.82, 2.24) is 4.90 Å². The van der Waals surface area contributed by atoms with E-state index in [9.17, 15) is 9.90 Å². The maximum Gasteiger partial charge on any atom is 0.309 e. The Morgan fingerprint density at radius 1 is 1.11 bits per heavy atom. The average Bonchev–Trinajstić information content (AvgIpc) is 2.30. The van der Waals surface area contributed by atoms with Crippen molar-refractivity contribution < 1.29 is 9.90 Å². The first-order chi connectivity index (χ1) is 8.35. The molecule has 1 heterocycles. The van der Waals surface area contributed by atoms with Gasteiger partial charge >= 0.3 is 5.97 Å². The molecule has 2 aliphatic rings. The number of carbonyl (C=O) groups is 1. The number of likely N-dealkylation sites (tertiary alicyclic amines) is 1. The third-order valence-electron chi connectivity index (χ3n) is 5.31. The fourth-order valence-electron chi connectivity index (χ4n) is 3.70. The van der Waals surface area contributed by atoms with Crippen molar-refractivity contribution >= 4 is 5.97 Å². The van der Waals surface area contributed by atoms with Crippen molar-refractivity contribution in [3.05, 3.63) is 0 Å². The summed E-state index contributed by atoms with van der Waals surface area (Å²) in [5.74, 6) is -0.620. The summed E-state index contributed by atoms with van der Waals surface area (Å²) in [4.78, 5) is 13.8. The summed E-state index contributed by atoms with van der Waals surface area (Å²) in [5, 5.41) is 9.28. The second kappa shape index (κ2) is 4.84. The molecule has 0 bridgehead atoms. The van der Waals surface area contributed by atoms with Crippen molar-refractivity contribution in [2.45, 2.75) is 65.3 Å². The fraction of sp³-hybridized carbons (Fsp3) is 0.933. The molecule has 2 rings (SSSR count). The summed E-state index contributed by atoms with van der Waals surface area (Å²) < 4.78 is 0. The van der Waals surface area contributed by atoms with Gasteiger partial charge in [-0.2, -0.15) is 0 Å². The predicted octanol–water partition coefficient (Wildman–Crippen LogP) is 3.14. The highest BCUT2D eigenvalue weighted by Crippen LogP contribution is 2.41. The second-order valence-electron chi connectivity index (χ2n) is 7.15. The Bertz CT molecular complexity index is 316. The molecule has 1 unspecified atom stereocenters. The van der Waals surface area contributed by atoms with Gasteiger partial charge in [-0.05, 0) is 51.1 Å². The maximum absolute atomic E-state index is 11.3. The highest BCUT2D eigenvalue weighted by molar-refractivity contribution is 5.74. The molecule has 3 heteroatoms. The molecule has 0 aromatic rings. The molecule has 0 spiro atoms. The summed E-state index contributed by atoms with van der Waals surface area (Å²) in [6, 6.07) is 0.657. The van der Waals surface area contributed by atoms with Crippen LogP contribution in [0.2, 0.25) is 0 Å². The van der Waals surface area contributed by atoms with Crippen LogP contribution in [0.5, 0.6) is 0 Å². The van der Waals surface area contributed by atoms with Crippen LogP contribution in [0.15, 0.2) is 0 Å². The molecule has 18 heavy (non-hydrogen) atoms. The van der Waals surface area contributed by atoms with Crippen LogP contribution in [0.1, 0.15) is 59.3 Å². The highest BCUT2D eigenvalue weighted by atomic mass is 16.4. The topological polar surface area (TPSA) is 40.5 Å². The van der Waals surface area contributed by atoms with Crippen LogP contribution in [-0.4, -0.2) is 35.1 Å². The van der Waals surface area contributed by atoms with E-state index in [1.807, 2.05) is 6.92 Å². The largest absolute Gasteiger partial charge is 0.481 e. The SMILES string of the molecule is CC1(C(=O)O)CCN(C2CCCCC2(C)C)CC1. The van der Waals surface area contributed by atoms with Crippen LogP contribution in [0.4, 0.5) is 0 Å². The van der Waals surface area contributed by atoms with Gasteiger partial charge in [-0.25, -0.2) is 0 Å². The van der Waals surface area contributed by atoms with E-state index in [4.69, 9.17) is 0 Å². The third-order valence-corrected chi connectivity index (χ3v) is 5.31. The van der Waals surface area contributed by atoms with Gasteiger partial charge in [0.15, 0.2) is 0 Å². The molecule has 1 aliphatic carbocycles. The number of carboxylic acid groups (broad SMARTS) is 1. The Hall–Kier alpha value is -0.570. The summed E-state index contributed by atoms with van der Waals surface area (Å²) >= 11 is 0. The van der Waals surface area contributed by atoms with E-state index in [1.54, 1.807) is 0 Å². The van der Waals surface area contributed by atoms with Crippen molar-refractivity contribution in [3.8, 4) is 0 Å². The van der Waals surface area contributed by atoms with Gasteiger partial charge in [-0.3, -0.25) is 9.69 Å². The normalized spacial score (nSPS) is 32.1. The minimum atomic E-state index is -0.620. The molecule has 2 fully saturated rings. The van der Waals surface area contributed by atoms with E-state index < -0.39 is 11.4 Å². The van der Waals surface area contributed by atoms with E-state index in [1.165, 1.54) is 25.7 Å². The third kappa shape index (κ3) is 2.56. The fourth-order valence-corrected chi connectivity index (χ4v) is 3.70. The minimum absolute atomic E-state index is 0.398. The molecule has 0 aromatic heterocycles. The van der Waals surface area contributed by atoms with E-state index in [2.05, 4.69) is 18.7 Å². The Balaban J connectivity index is 1.99. The van der Waals surface area contributed by atoms with Gasteiger partial charge < -0.3 is 5.11 Å². The summed E-state index contributed by atoms with van der Waals surface area (Å²) in [6.45, 7) is 8.57.